The largest absolute Gasteiger partial charge is 0.493 e. The number of aromatic nitrogens is 1. The molecule has 10 heteroatoms. The van der Waals surface area contributed by atoms with Crippen LogP contribution in [0.2, 0.25) is 5.02 Å². The Morgan fingerprint density at radius 3 is 2.24 bits per heavy atom. The maximum absolute atomic E-state index is 13.9. The summed E-state index contributed by atoms with van der Waals surface area (Å²) in [7, 11) is 0. The lowest BCUT2D eigenvalue weighted by Gasteiger charge is -2.37. The maximum atomic E-state index is 13.9. The monoisotopic (exact) mass is 769 g/mol. The minimum atomic E-state index is -0.318. The van der Waals surface area contributed by atoms with Crippen LogP contribution in [-0.4, -0.2) is 53.9 Å². The number of hydrogen-bond donors (Lipinski definition) is 0. The van der Waals surface area contributed by atoms with Crippen LogP contribution < -0.4 is 14.2 Å². The number of ether oxygens (including phenoxy) is 3. The molecule has 1 aliphatic rings. The zero-order valence-corrected chi connectivity index (χ0v) is 32.4. The van der Waals surface area contributed by atoms with Crippen LogP contribution in [0.3, 0.4) is 0 Å². The first-order valence-electron chi connectivity index (χ1n) is 18.0. The van der Waals surface area contributed by atoms with Crippen LogP contribution in [0.1, 0.15) is 53.1 Å². The highest BCUT2D eigenvalue weighted by Crippen LogP contribution is 2.36. The van der Waals surface area contributed by atoms with Gasteiger partial charge in [-0.15, -0.1) is 12.4 Å². The minimum Gasteiger partial charge on any atom is -0.493 e. The Balaban J connectivity index is 0.00000561. The predicted molar refractivity (Wildman–Crippen MR) is 216 cm³/mol. The standard InChI is InChI=1S/C44H45ClFN3O4.ClH/c1-31(2)35-12-14-38(15-13-35)51-25-19-33-8-10-34(11-9-33)29-48-20-22-49(23-21-48)42(18-24-50)37-26-32(3)44(40(45)27-37)53-43-17-16-39(28-47-43)52-30-36-6-4-5-7-41(36)46;/h4-18,24,26-28,31H,19-23,25,29-30H2,1-3H3;1H/b42-18+;. The average molecular weight is 771 g/mol. The van der Waals surface area contributed by atoms with Gasteiger partial charge in [0.2, 0.25) is 5.88 Å². The van der Waals surface area contributed by atoms with Gasteiger partial charge in [0.1, 0.15) is 30.2 Å². The Morgan fingerprint density at radius 2 is 1.59 bits per heavy atom. The molecule has 282 valence electrons. The molecule has 2 heterocycles. The van der Waals surface area contributed by atoms with E-state index in [4.69, 9.17) is 25.8 Å². The van der Waals surface area contributed by atoms with Gasteiger partial charge in [0.25, 0.3) is 0 Å². The number of aryl methyl sites for hydroxylation is 1. The summed E-state index contributed by atoms with van der Waals surface area (Å²) >= 11 is 6.76. The van der Waals surface area contributed by atoms with E-state index in [1.807, 2.05) is 31.2 Å². The van der Waals surface area contributed by atoms with E-state index >= 15 is 0 Å². The van der Waals surface area contributed by atoms with Gasteiger partial charge in [-0.05, 0) is 77.1 Å². The van der Waals surface area contributed by atoms with Crippen LogP contribution in [-0.2, 0) is 24.4 Å². The SMILES string of the molecule is Cc1cc(/C(=C\C=O)N2CCN(Cc3ccc(CCOc4ccc(C(C)C)cc4)cc3)CC2)cc(Cl)c1Oc1ccc(OCc2ccccc2F)cn1.Cl. The molecular weight excluding hydrogens is 724 g/mol. The van der Waals surface area contributed by atoms with Gasteiger partial charge in [-0.2, -0.15) is 0 Å². The number of allylic oxidation sites excluding steroid dienone is 1. The lowest BCUT2D eigenvalue weighted by molar-refractivity contribution is -0.104. The summed E-state index contributed by atoms with van der Waals surface area (Å²) in [5.74, 6) is 2.41. The number of rotatable bonds is 15. The van der Waals surface area contributed by atoms with Crippen molar-refractivity contribution in [3.05, 3.63) is 154 Å². The summed E-state index contributed by atoms with van der Waals surface area (Å²) in [5.41, 5.74) is 6.78. The Kier molecular flexibility index (Phi) is 14.5. The van der Waals surface area contributed by atoms with Crippen LogP contribution in [0, 0.1) is 12.7 Å². The van der Waals surface area contributed by atoms with Crippen molar-refractivity contribution in [2.75, 3.05) is 32.8 Å². The van der Waals surface area contributed by atoms with Gasteiger partial charge in [-0.3, -0.25) is 9.69 Å². The van der Waals surface area contributed by atoms with Crippen molar-refractivity contribution in [1.29, 1.82) is 0 Å². The molecule has 0 radical (unpaired) electrons. The summed E-state index contributed by atoms with van der Waals surface area (Å²) in [5, 5.41) is 0.410. The molecule has 0 unspecified atom stereocenters. The molecule has 0 N–H and O–H groups in total. The molecule has 0 amide bonds. The van der Waals surface area contributed by atoms with Crippen molar-refractivity contribution in [3.63, 3.8) is 0 Å². The van der Waals surface area contributed by atoms with E-state index in [-0.39, 0.29) is 24.8 Å². The summed E-state index contributed by atoms with van der Waals surface area (Å²) in [6.07, 6.45) is 4.81. The first-order chi connectivity index (χ1) is 25.7. The van der Waals surface area contributed by atoms with Crippen LogP contribution >= 0.6 is 24.0 Å². The molecule has 4 aromatic carbocycles. The molecule has 0 atom stereocenters. The molecule has 0 bridgehead atoms. The fraction of sp³-hybridized carbons (Fsp3) is 0.273. The second kappa shape index (κ2) is 19.4. The Hall–Kier alpha value is -4.89. The van der Waals surface area contributed by atoms with Crippen molar-refractivity contribution in [2.45, 2.75) is 46.3 Å². The van der Waals surface area contributed by atoms with E-state index in [0.29, 0.717) is 40.5 Å². The maximum Gasteiger partial charge on any atom is 0.219 e. The molecule has 1 fully saturated rings. The fourth-order valence-corrected chi connectivity index (χ4v) is 6.61. The highest BCUT2D eigenvalue weighted by Gasteiger charge is 2.22. The van der Waals surface area contributed by atoms with E-state index in [9.17, 15) is 9.18 Å². The summed E-state index contributed by atoms with van der Waals surface area (Å²) in [6.45, 7) is 11.2. The van der Waals surface area contributed by atoms with Crippen molar-refractivity contribution in [3.8, 4) is 23.1 Å². The van der Waals surface area contributed by atoms with Gasteiger partial charge in [-0.1, -0.05) is 80.0 Å². The molecular formula is C44H46Cl2FN3O4. The fourth-order valence-electron chi connectivity index (χ4n) is 6.30. The third-order valence-corrected chi connectivity index (χ3v) is 9.65. The van der Waals surface area contributed by atoms with Gasteiger partial charge in [0.15, 0.2) is 5.75 Å². The molecule has 54 heavy (non-hydrogen) atoms. The number of nitrogens with zero attached hydrogens (tertiary/aromatic N) is 3. The zero-order chi connectivity index (χ0) is 37.2. The molecule has 7 nitrogen and oxygen atoms in total. The zero-order valence-electron chi connectivity index (χ0n) is 30.8. The molecule has 1 saturated heterocycles. The predicted octanol–water partition coefficient (Wildman–Crippen LogP) is 10.1. The smallest absolute Gasteiger partial charge is 0.219 e. The van der Waals surface area contributed by atoms with E-state index in [0.717, 1.165) is 68.0 Å². The molecule has 6 rings (SSSR count). The van der Waals surface area contributed by atoms with Crippen LogP contribution in [0.25, 0.3) is 5.70 Å². The van der Waals surface area contributed by atoms with E-state index < -0.39 is 0 Å². The van der Waals surface area contributed by atoms with E-state index in [1.165, 1.54) is 29.0 Å². The highest BCUT2D eigenvalue weighted by atomic mass is 35.5. The quantitative estimate of drug-likeness (QED) is 0.0776. The summed E-state index contributed by atoms with van der Waals surface area (Å²) < 4.78 is 31.7. The van der Waals surface area contributed by atoms with Gasteiger partial charge < -0.3 is 19.1 Å². The first-order valence-corrected chi connectivity index (χ1v) is 18.4. The number of hydrogen-bond acceptors (Lipinski definition) is 7. The third-order valence-electron chi connectivity index (χ3n) is 9.37. The van der Waals surface area contributed by atoms with Crippen LogP contribution in [0.4, 0.5) is 4.39 Å². The van der Waals surface area contributed by atoms with E-state index in [1.54, 1.807) is 36.4 Å². The van der Waals surface area contributed by atoms with Crippen molar-refractivity contribution >= 4 is 36.0 Å². The van der Waals surface area contributed by atoms with E-state index in [2.05, 4.69) is 65.0 Å². The van der Waals surface area contributed by atoms with Crippen LogP contribution in [0.15, 0.2) is 109 Å². The lowest BCUT2D eigenvalue weighted by Crippen LogP contribution is -2.45. The minimum absolute atomic E-state index is 0. The van der Waals surface area contributed by atoms with Crippen molar-refractivity contribution in [2.24, 2.45) is 0 Å². The topological polar surface area (TPSA) is 64.1 Å². The molecule has 0 saturated carbocycles. The molecule has 0 aliphatic carbocycles. The van der Waals surface area contributed by atoms with Gasteiger partial charge in [-0.25, -0.2) is 9.37 Å². The number of pyridine rings is 1. The normalized spacial score (nSPS) is 13.4. The Labute approximate surface area is 328 Å². The number of piperazine rings is 1. The number of aldehydes is 1. The van der Waals surface area contributed by atoms with Crippen LogP contribution in [0.5, 0.6) is 23.1 Å². The molecule has 5 aromatic rings. The first kappa shape index (κ1) is 40.3. The summed E-state index contributed by atoms with van der Waals surface area (Å²) in [4.78, 5) is 20.8. The summed E-state index contributed by atoms with van der Waals surface area (Å²) in [6, 6.07) is 30.8. The van der Waals surface area contributed by atoms with Gasteiger partial charge in [0.05, 0.1) is 17.8 Å². The van der Waals surface area contributed by atoms with Gasteiger partial charge >= 0.3 is 0 Å². The number of carbonyl (C=O) groups excluding carboxylic acids is 1. The number of halogens is 3. The second-order valence-corrected chi connectivity index (χ2v) is 13.9. The Morgan fingerprint density at radius 1 is 0.889 bits per heavy atom. The molecule has 1 aromatic heterocycles. The number of carbonyl (C=O) groups is 1. The third kappa shape index (κ3) is 10.8. The van der Waals surface area contributed by atoms with Crippen molar-refractivity contribution in [1.82, 2.24) is 14.8 Å². The second-order valence-electron chi connectivity index (χ2n) is 13.5. The average Bonchev–Trinajstić information content (AvgIpc) is 3.17. The Bertz CT molecular complexity index is 1970. The van der Waals surface area contributed by atoms with Gasteiger partial charge in [0, 0.05) is 62.5 Å². The molecule has 0 spiro atoms. The molecule has 1 aliphatic heterocycles. The number of benzene rings is 4. The lowest BCUT2D eigenvalue weighted by atomic mass is 10.0. The van der Waals surface area contributed by atoms with Crippen molar-refractivity contribution < 1.29 is 23.4 Å². The highest BCUT2D eigenvalue weighted by molar-refractivity contribution is 6.32.